The van der Waals surface area contributed by atoms with Gasteiger partial charge in [0.1, 0.15) is 5.52 Å². The number of rotatable bonds is 3. The summed E-state index contributed by atoms with van der Waals surface area (Å²) in [6.45, 7) is 2.09. The molecule has 3 aromatic heterocycles. The molecule has 0 saturated carbocycles. The Kier molecular flexibility index (Phi) is 3.16. The SMILES string of the molecule is CPn1nc(Nc2ccc3c(N)nn(C)c3c2)c2ncccc21. The highest BCUT2D eigenvalue weighted by atomic mass is 31.1. The summed E-state index contributed by atoms with van der Waals surface area (Å²) < 4.78 is 3.74. The molecule has 0 spiro atoms. The topological polar surface area (TPSA) is 86.6 Å². The molecular weight excluding hydrogens is 309 g/mol. The first kappa shape index (κ1) is 14.0. The average Bonchev–Trinajstić information content (AvgIpc) is 3.06. The van der Waals surface area contributed by atoms with Crippen molar-refractivity contribution in [3.05, 3.63) is 36.5 Å². The number of benzene rings is 1. The van der Waals surface area contributed by atoms with Crippen LogP contribution in [0.5, 0.6) is 0 Å². The summed E-state index contributed by atoms with van der Waals surface area (Å²) in [6.07, 6.45) is 1.78. The molecule has 8 heteroatoms. The number of nitrogens with zero attached hydrogens (tertiary/aromatic N) is 5. The predicted octanol–water partition coefficient (Wildman–Crippen LogP) is 2.72. The molecule has 0 aliphatic carbocycles. The van der Waals surface area contributed by atoms with Crippen LogP contribution < -0.4 is 11.1 Å². The second kappa shape index (κ2) is 5.21. The van der Waals surface area contributed by atoms with E-state index < -0.39 is 0 Å². The van der Waals surface area contributed by atoms with Crippen molar-refractivity contribution in [2.75, 3.05) is 17.7 Å². The van der Waals surface area contributed by atoms with Crippen LogP contribution in [0.15, 0.2) is 36.5 Å². The van der Waals surface area contributed by atoms with Crippen molar-refractivity contribution in [2.24, 2.45) is 7.05 Å². The van der Waals surface area contributed by atoms with E-state index >= 15 is 0 Å². The molecule has 0 aliphatic rings. The standard InChI is InChI=1S/C15H16N7P/c1-21-12-8-9(5-6-10(12)14(16)19-21)18-15-13-11(4-3-7-17-13)22(20-15)23-2/h3-8,23H,1-2H3,(H2,16,19)(H,18,20). The molecule has 1 atom stereocenters. The molecule has 1 aromatic carbocycles. The van der Waals surface area contributed by atoms with Crippen molar-refractivity contribution in [3.8, 4) is 0 Å². The summed E-state index contributed by atoms with van der Waals surface area (Å²) in [5.41, 5.74) is 9.70. The van der Waals surface area contributed by atoms with Gasteiger partial charge in [-0.15, -0.1) is 5.10 Å². The highest BCUT2D eigenvalue weighted by Gasteiger charge is 2.12. The molecule has 7 nitrogen and oxygen atoms in total. The number of anilines is 3. The van der Waals surface area contributed by atoms with Crippen LogP contribution in [-0.2, 0) is 7.05 Å². The van der Waals surface area contributed by atoms with Crippen LogP contribution in [-0.4, -0.2) is 31.0 Å². The molecule has 0 saturated heterocycles. The summed E-state index contributed by atoms with van der Waals surface area (Å²) in [4.78, 5) is 4.45. The fourth-order valence-electron chi connectivity index (χ4n) is 2.71. The van der Waals surface area contributed by atoms with E-state index in [4.69, 9.17) is 5.73 Å². The van der Waals surface area contributed by atoms with Gasteiger partial charge in [-0.2, -0.15) is 5.10 Å². The van der Waals surface area contributed by atoms with Crippen molar-refractivity contribution in [2.45, 2.75) is 0 Å². The minimum atomic E-state index is 0.539. The van der Waals surface area contributed by atoms with E-state index in [1.54, 1.807) is 10.9 Å². The maximum Gasteiger partial charge on any atom is 0.179 e. The Bertz CT molecular complexity index is 1020. The Morgan fingerprint density at radius 3 is 2.87 bits per heavy atom. The van der Waals surface area contributed by atoms with Crippen LogP contribution in [0.25, 0.3) is 21.9 Å². The van der Waals surface area contributed by atoms with Gasteiger partial charge >= 0.3 is 0 Å². The van der Waals surface area contributed by atoms with Gasteiger partial charge in [-0.1, -0.05) is 0 Å². The Morgan fingerprint density at radius 1 is 1.17 bits per heavy atom. The molecule has 3 heterocycles. The number of aromatic nitrogens is 5. The molecule has 0 fully saturated rings. The van der Waals surface area contributed by atoms with Gasteiger partial charge in [0, 0.05) is 33.0 Å². The highest BCUT2D eigenvalue weighted by Crippen LogP contribution is 2.29. The van der Waals surface area contributed by atoms with Crippen LogP contribution in [0.1, 0.15) is 0 Å². The number of fused-ring (bicyclic) bond motifs is 2. The predicted molar refractivity (Wildman–Crippen MR) is 95.6 cm³/mol. The van der Waals surface area contributed by atoms with Crippen molar-refractivity contribution < 1.29 is 0 Å². The van der Waals surface area contributed by atoms with Crippen molar-refractivity contribution in [3.63, 3.8) is 0 Å². The molecule has 4 aromatic rings. The molecular formula is C15H16N7P. The summed E-state index contributed by atoms with van der Waals surface area (Å²) in [7, 11) is 2.43. The lowest BCUT2D eigenvalue weighted by Crippen LogP contribution is -1.94. The summed E-state index contributed by atoms with van der Waals surface area (Å²) in [5, 5.41) is 13.2. The lowest BCUT2D eigenvalue weighted by Gasteiger charge is -2.04. The van der Waals surface area contributed by atoms with Crippen molar-refractivity contribution >= 4 is 48.0 Å². The van der Waals surface area contributed by atoms with E-state index in [-0.39, 0.29) is 0 Å². The van der Waals surface area contributed by atoms with E-state index in [1.807, 2.05) is 41.8 Å². The molecule has 0 bridgehead atoms. The van der Waals surface area contributed by atoms with Gasteiger partial charge in [-0.3, -0.25) is 9.67 Å². The number of pyridine rings is 1. The van der Waals surface area contributed by atoms with Crippen LogP contribution in [0.4, 0.5) is 17.3 Å². The second-order valence-electron chi connectivity index (χ2n) is 5.22. The van der Waals surface area contributed by atoms with Crippen LogP contribution in [0, 0.1) is 0 Å². The van der Waals surface area contributed by atoms with E-state index in [2.05, 4.69) is 27.2 Å². The third-order valence-electron chi connectivity index (χ3n) is 3.79. The number of hydrogen-bond donors (Lipinski definition) is 2. The maximum atomic E-state index is 5.90. The van der Waals surface area contributed by atoms with E-state index in [1.165, 1.54) is 0 Å². The number of aryl methyl sites for hydroxylation is 1. The van der Waals surface area contributed by atoms with E-state index in [0.717, 1.165) is 33.4 Å². The smallest absolute Gasteiger partial charge is 0.179 e. The molecule has 3 N–H and O–H groups in total. The fourth-order valence-corrected chi connectivity index (χ4v) is 3.33. The lowest BCUT2D eigenvalue weighted by atomic mass is 10.2. The quantitative estimate of drug-likeness (QED) is 0.566. The first-order chi connectivity index (χ1) is 11.2. The maximum absolute atomic E-state index is 5.90. The van der Waals surface area contributed by atoms with Crippen molar-refractivity contribution in [1.82, 2.24) is 24.3 Å². The number of hydrogen-bond acceptors (Lipinski definition) is 5. The highest BCUT2D eigenvalue weighted by molar-refractivity contribution is 7.35. The van der Waals surface area contributed by atoms with Gasteiger partial charge in [0.05, 0.1) is 11.0 Å². The molecule has 4 rings (SSSR count). The zero-order valence-electron chi connectivity index (χ0n) is 12.8. The third kappa shape index (κ3) is 2.21. The minimum absolute atomic E-state index is 0.539. The largest absolute Gasteiger partial charge is 0.382 e. The van der Waals surface area contributed by atoms with Crippen molar-refractivity contribution in [1.29, 1.82) is 0 Å². The van der Waals surface area contributed by atoms with E-state index in [0.29, 0.717) is 14.5 Å². The molecule has 116 valence electrons. The van der Waals surface area contributed by atoms with Crippen LogP contribution >= 0.6 is 8.73 Å². The summed E-state index contributed by atoms with van der Waals surface area (Å²) in [5.74, 6) is 1.29. The lowest BCUT2D eigenvalue weighted by molar-refractivity contribution is 0.802. The van der Waals surface area contributed by atoms with E-state index in [9.17, 15) is 0 Å². The summed E-state index contributed by atoms with van der Waals surface area (Å²) in [6, 6.07) is 9.91. The Morgan fingerprint density at radius 2 is 2.04 bits per heavy atom. The number of nitrogens with two attached hydrogens (primary N) is 1. The molecule has 0 amide bonds. The first-order valence-electron chi connectivity index (χ1n) is 7.18. The molecule has 1 unspecified atom stereocenters. The second-order valence-corrected chi connectivity index (χ2v) is 6.09. The van der Waals surface area contributed by atoms with Gasteiger partial charge in [0.15, 0.2) is 11.6 Å². The van der Waals surface area contributed by atoms with Gasteiger partial charge in [-0.25, -0.2) is 4.45 Å². The number of nitrogen functional groups attached to an aromatic ring is 1. The summed E-state index contributed by atoms with van der Waals surface area (Å²) >= 11 is 0. The van der Waals surface area contributed by atoms with Gasteiger partial charge in [-0.05, 0) is 37.0 Å². The van der Waals surface area contributed by atoms with Gasteiger partial charge in [0.25, 0.3) is 0 Å². The Balaban J connectivity index is 1.80. The Labute approximate surface area is 134 Å². The first-order valence-corrected chi connectivity index (χ1v) is 8.63. The molecule has 23 heavy (non-hydrogen) atoms. The normalized spacial score (nSPS) is 11.9. The Hall–Kier alpha value is -2.66. The number of nitrogens with one attached hydrogen (secondary N) is 1. The monoisotopic (exact) mass is 325 g/mol. The third-order valence-corrected chi connectivity index (χ3v) is 4.56. The average molecular weight is 325 g/mol. The zero-order valence-corrected chi connectivity index (χ0v) is 13.8. The minimum Gasteiger partial charge on any atom is -0.382 e. The zero-order chi connectivity index (χ0) is 16.0. The molecule has 0 aliphatic heterocycles. The fraction of sp³-hybridized carbons (Fsp3) is 0.133. The molecule has 0 radical (unpaired) electrons. The van der Waals surface area contributed by atoms with Crippen LogP contribution in [0.2, 0.25) is 0 Å². The van der Waals surface area contributed by atoms with Gasteiger partial charge in [0.2, 0.25) is 0 Å². The van der Waals surface area contributed by atoms with Crippen LogP contribution in [0.3, 0.4) is 0 Å². The van der Waals surface area contributed by atoms with Gasteiger partial charge < -0.3 is 11.1 Å².